The molecule has 0 amide bonds. The molecule has 1 rings (SSSR count). The number of halogens is 1. The van der Waals surface area contributed by atoms with Crippen LogP contribution in [0.5, 0.6) is 5.75 Å². The van der Waals surface area contributed by atoms with Gasteiger partial charge in [0.25, 0.3) is 0 Å². The fraction of sp³-hybridized carbons (Fsp3) is 0.500. The van der Waals surface area contributed by atoms with Crippen molar-refractivity contribution >= 4 is 5.97 Å². The summed E-state index contributed by atoms with van der Waals surface area (Å²) in [6, 6.07) is 3.98. The van der Waals surface area contributed by atoms with Gasteiger partial charge < -0.3 is 15.2 Å². The molecule has 0 saturated carbocycles. The van der Waals surface area contributed by atoms with E-state index in [1.807, 2.05) is 6.92 Å². The van der Waals surface area contributed by atoms with Gasteiger partial charge in [-0.25, -0.2) is 9.18 Å². The van der Waals surface area contributed by atoms with Crippen LogP contribution in [-0.2, 0) is 9.53 Å². The number of nitrogens with two attached hydrogens (primary N) is 1. The first kappa shape index (κ1) is 15.4. The third-order valence-electron chi connectivity index (χ3n) is 2.58. The van der Waals surface area contributed by atoms with E-state index in [1.165, 1.54) is 6.07 Å². The lowest BCUT2D eigenvalue weighted by Gasteiger charge is -2.10. The molecule has 2 N–H and O–H groups in total. The highest BCUT2D eigenvalue weighted by molar-refractivity contribution is 5.71. The first-order valence-corrected chi connectivity index (χ1v) is 6.38. The molecular weight excluding hydrogens is 249 g/mol. The normalized spacial score (nSPS) is 12.0. The van der Waals surface area contributed by atoms with E-state index in [9.17, 15) is 9.18 Å². The van der Waals surface area contributed by atoms with Crippen LogP contribution in [0.1, 0.15) is 38.3 Å². The van der Waals surface area contributed by atoms with Gasteiger partial charge in [0.05, 0.1) is 6.61 Å². The summed E-state index contributed by atoms with van der Waals surface area (Å²) >= 11 is 0. The van der Waals surface area contributed by atoms with Crippen LogP contribution in [0.25, 0.3) is 0 Å². The molecule has 1 atom stereocenters. The number of hydrogen-bond acceptors (Lipinski definition) is 4. The molecular formula is C14H20FNO3. The van der Waals surface area contributed by atoms with E-state index < -0.39 is 11.8 Å². The maximum atomic E-state index is 13.6. The average Bonchev–Trinajstić information content (AvgIpc) is 2.36. The molecule has 0 aromatic heterocycles. The maximum Gasteiger partial charge on any atom is 0.344 e. The molecule has 19 heavy (non-hydrogen) atoms. The zero-order chi connectivity index (χ0) is 14.3. The first-order chi connectivity index (χ1) is 9.04. The molecule has 0 radical (unpaired) electrons. The van der Waals surface area contributed by atoms with Crippen LogP contribution in [-0.4, -0.2) is 19.2 Å². The van der Waals surface area contributed by atoms with E-state index >= 15 is 0 Å². The second kappa shape index (κ2) is 7.74. The Labute approximate surface area is 112 Å². The highest BCUT2D eigenvalue weighted by atomic mass is 19.1. The summed E-state index contributed by atoms with van der Waals surface area (Å²) in [5.74, 6) is -0.605. The van der Waals surface area contributed by atoms with Crippen molar-refractivity contribution in [2.45, 2.75) is 32.7 Å². The van der Waals surface area contributed by atoms with Crippen LogP contribution in [0.15, 0.2) is 18.2 Å². The van der Waals surface area contributed by atoms with Crippen molar-refractivity contribution in [3.63, 3.8) is 0 Å². The molecule has 0 spiro atoms. The standard InChI is InChI=1S/C14H20FNO3/c1-3-4-7-18-14(17)9-19-11-5-6-12(10(2)16)13(15)8-11/h5-6,8,10H,3-4,7,9,16H2,1-2H3/t10-/m1/s1. The summed E-state index contributed by atoms with van der Waals surface area (Å²) in [6.07, 6.45) is 1.78. The van der Waals surface area contributed by atoms with E-state index in [4.69, 9.17) is 15.2 Å². The molecule has 0 aliphatic rings. The van der Waals surface area contributed by atoms with E-state index in [2.05, 4.69) is 0 Å². The van der Waals surface area contributed by atoms with Gasteiger partial charge in [0, 0.05) is 17.7 Å². The summed E-state index contributed by atoms with van der Waals surface area (Å²) < 4.78 is 23.7. The summed E-state index contributed by atoms with van der Waals surface area (Å²) in [5, 5.41) is 0. The topological polar surface area (TPSA) is 61.5 Å². The van der Waals surface area contributed by atoms with Crippen LogP contribution >= 0.6 is 0 Å². The number of hydrogen-bond donors (Lipinski definition) is 1. The molecule has 106 valence electrons. The lowest BCUT2D eigenvalue weighted by atomic mass is 10.1. The highest BCUT2D eigenvalue weighted by Crippen LogP contribution is 2.20. The largest absolute Gasteiger partial charge is 0.482 e. The van der Waals surface area contributed by atoms with Gasteiger partial charge in [0.15, 0.2) is 6.61 Å². The number of carbonyl (C=O) groups excluding carboxylic acids is 1. The fourth-order valence-electron chi connectivity index (χ4n) is 1.48. The summed E-state index contributed by atoms with van der Waals surface area (Å²) in [4.78, 5) is 11.3. The maximum absolute atomic E-state index is 13.6. The molecule has 0 bridgehead atoms. The Morgan fingerprint density at radius 1 is 1.47 bits per heavy atom. The van der Waals surface area contributed by atoms with Gasteiger partial charge in [0.1, 0.15) is 11.6 Å². The van der Waals surface area contributed by atoms with Crippen molar-refractivity contribution in [3.8, 4) is 5.75 Å². The third-order valence-corrected chi connectivity index (χ3v) is 2.58. The van der Waals surface area contributed by atoms with Gasteiger partial charge in [-0.1, -0.05) is 19.4 Å². The monoisotopic (exact) mass is 269 g/mol. The van der Waals surface area contributed by atoms with Gasteiger partial charge in [-0.05, 0) is 19.4 Å². The second-order valence-electron chi connectivity index (χ2n) is 4.33. The SMILES string of the molecule is CCCCOC(=O)COc1ccc([C@@H](C)N)c(F)c1. The molecule has 0 saturated heterocycles. The van der Waals surface area contributed by atoms with Gasteiger partial charge in [0.2, 0.25) is 0 Å². The number of ether oxygens (including phenoxy) is 2. The molecule has 0 aliphatic carbocycles. The minimum Gasteiger partial charge on any atom is -0.482 e. The Morgan fingerprint density at radius 2 is 2.21 bits per heavy atom. The molecule has 4 nitrogen and oxygen atoms in total. The van der Waals surface area contributed by atoms with Gasteiger partial charge >= 0.3 is 5.97 Å². The summed E-state index contributed by atoms with van der Waals surface area (Å²) in [5.41, 5.74) is 6.01. The van der Waals surface area contributed by atoms with E-state index in [0.717, 1.165) is 12.8 Å². The minimum absolute atomic E-state index is 0.222. The number of rotatable bonds is 7. The van der Waals surface area contributed by atoms with Gasteiger partial charge in [-0.3, -0.25) is 0 Å². The van der Waals surface area contributed by atoms with E-state index in [0.29, 0.717) is 12.2 Å². The van der Waals surface area contributed by atoms with Crippen LogP contribution in [0.2, 0.25) is 0 Å². The Kier molecular flexibility index (Phi) is 6.29. The molecule has 0 heterocycles. The third kappa shape index (κ3) is 5.26. The Morgan fingerprint density at radius 3 is 2.79 bits per heavy atom. The van der Waals surface area contributed by atoms with Crippen LogP contribution in [0.4, 0.5) is 4.39 Å². The predicted octanol–water partition coefficient (Wildman–Crippen LogP) is 2.57. The quantitative estimate of drug-likeness (QED) is 0.610. The zero-order valence-corrected chi connectivity index (χ0v) is 11.3. The molecule has 1 aromatic rings. The number of benzene rings is 1. The van der Waals surface area contributed by atoms with Crippen molar-refractivity contribution in [2.24, 2.45) is 5.73 Å². The fourth-order valence-corrected chi connectivity index (χ4v) is 1.48. The number of carbonyl (C=O) groups is 1. The van der Waals surface area contributed by atoms with Crippen molar-refractivity contribution in [1.29, 1.82) is 0 Å². The van der Waals surface area contributed by atoms with Crippen LogP contribution in [0, 0.1) is 5.82 Å². The average molecular weight is 269 g/mol. The van der Waals surface area contributed by atoms with Crippen molar-refractivity contribution in [1.82, 2.24) is 0 Å². The molecule has 0 unspecified atom stereocenters. The van der Waals surface area contributed by atoms with E-state index in [-0.39, 0.29) is 18.4 Å². The Bertz CT molecular complexity index is 421. The highest BCUT2D eigenvalue weighted by Gasteiger charge is 2.09. The predicted molar refractivity (Wildman–Crippen MR) is 70.4 cm³/mol. The Balaban J connectivity index is 2.45. The smallest absolute Gasteiger partial charge is 0.344 e. The minimum atomic E-state index is -0.454. The van der Waals surface area contributed by atoms with Crippen molar-refractivity contribution in [3.05, 3.63) is 29.6 Å². The van der Waals surface area contributed by atoms with Gasteiger partial charge in [-0.15, -0.1) is 0 Å². The van der Waals surface area contributed by atoms with E-state index in [1.54, 1.807) is 19.1 Å². The summed E-state index contributed by atoms with van der Waals surface area (Å²) in [6.45, 7) is 3.87. The first-order valence-electron chi connectivity index (χ1n) is 6.38. The number of esters is 1. The zero-order valence-electron chi connectivity index (χ0n) is 11.3. The lowest BCUT2D eigenvalue weighted by molar-refractivity contribution is -0.146. The molecule has 1 aromatic carbocycles. The molecule has 0 fully saturated rings. The Hall–Kier alpha value is -1.62. The molecule has 0 aliphatic heterocycles. The van der Waals surface area contributed by atoms with Crippen molar-refractivity contribution in [2.75, 3.05) is 13.2 Å². The molecule has 5 heteroatoms. The van der Waals surface area contributed by atoms with Crippen molar-refractivity contribution < 1.29 is 18.7 Å². The summed E-state index contributed by atoms with van der Waals surface area (Å²) in [7, 11) is 0. The van der Waals surface area contributed by atoms with Crippen LogP contribution in [0.3, 0.4) is 0 Å². The number of unbranched alkanes of at least 4 members (excludes halogenated alkanes) is 1. The second-order valence-corrected chi connectivity index (χ2v) is 4.33. The lowest BCUT2D eigenvalue weighted by Crippen LogP contribution is -2.15. The van der Waals surface area contributed by atoms with Crippen LogP contribution < -0.4 is 10.5 Å². The van der Waals surface area contributed by atoms with Gasteiger partial charge in [-0.2, -0.15) is 0 Å².